The fraction of sp³-hybridized carbons (Fsp3) is 1.00. The standard InChI is InChI=1S/2CHF3.H3P/c2*2-1(3)4;/h2*1H;1H3. The van der Waals surface area contributed by atoms with Crippen molar-refractivity contribution in [1.82, 2.24) is 0 Å². The van der Waals surface area contributed by atoms with Gasteiger partial charge in [-0.05, 0) is 0 Å². The van der Waals surface area contributed by atoms with Gasteiger partial charge in [0, 0.05) is 0 Å². The van der Waals surface area contributed by atoms with E-state index in [1.807, 2.05) is 0 Å². The molecule has 0 nitrogen and oxygen atoms in total. The molecule has 0 N–H and O–H groups in total. The largest absolute Gasteiger partial charge is 0.379 e. The summed E-state index contributed by atoms with van der Waals surface area (Å²) in [6, 6.07) is 0. The van der Waals surface area contributed by atoms with Gasteiger partial charge in [0.25, 0.3) is 0 Å². The van der Waals surface area contributed by atoms with Gasteiger partial charge in [-0.25, -0.2) is 0 Å². The van der Waals surface area contributed by atoms with Crippen molar-refractivity contribution in [2.45, 2.75) is 13.4 Å². The van der Waals surface area contributed by atoms with E-state index in [4.69, 9.17) is 0 Å². The fourth-order valence-corrected chi connectivity index (χ4v) is 0. The molecule has 0 aliphatic carbocycles. The highest BCUT2D eigenvalue weighted by Gasteiger charge is 1.86. The SMILES string of the molecule is FC(F)F.FC(F)F.P. The summed E-state index contributed by atoms with van der Waals surface area (Å²) in [7, 11) is 0. The van der Waals surface area contributed by atoms with Crippen molar-refractivity contribution in [2.24, 2.45) is 0 Å². The summed E-state index contributed by atoms with van der Waals surface area (Å²) in [5.74, 6) is 0. The summed E-state index contributed by atoms with van der Waals surface area (Å²) in [6.07, 6.45) is 0. The minimum absolute atomic E-state index is 0. The van der Waals surface area contributed by atoms with Crippen molar-refractivity contribution in [1.29, 1.82) is 0 Å². The van der Waals surface area contributed by atoms with Gasteiger partial charge >= 0.3 is 13.4 Å². The lowest BCUT2D eigenvalue weighted by molar-refractivity contribution is 0.00734. The van der Waals surface area contributed by atoms with Gasteiger partial charge in [-0.1, -0.05) is 0 Å². The van der Waals surface area contributed by atoms with Crippen LogP contribution in [0.15, 0.2) is 0 Å². The van der Waals surface area contributed by atoms with Gasteiger partial charge in [-0.3, -0.25) is 0 Å². The first-order valence-electron chi connectivity index (χ1n) is 1.31. The van der Waals surface area contributed by atoms with E-state index < -0.39 is 13.4 Å². The Morgan fingerprint density at radius 2 is 0.556 bits per heavy atom. The number of alkyl halides is 6. The molecule has 0 aliphatic heterocycles. The van der Waals surface area contributed by atoms with Crippen LogP contribution in [0.1, 0.15) is 0 Å². The second-order valence-electron chi connectivity index (χ2n) is 0.495. The van der Waals surface area contributed by atoms with Crippen LogP contribution < -0.4 is 0 Å². The third-order valence-corrected chi connectivity index (χ3v) is 0. The topological polar surface area (TPSA) is 0 Å². The minimum Gasteiger partial charge on any atom is -0.174 e. The molecule has 1 unspecified atom stereocenters. The zero-order chi connectivity index (χ0) is 7.15. The lowest BCUT2D eigenvalue weighted by atomic mass is 11.6. The van der Waals surface area contributed by atoms with Gasteiger partial charge in [0.05, 0.1) is 0 Å². The predicted octanol–water partition coefficient (Wildman–Crippen LogP) is 2.42. The van der Waals surface area contributed by atoms with Gasteiger partial charge in [0.2, 0.25) is 0 Å². The molecule has 9 heavy (non-hydrogen) atoms. The van der Waals surface area contributed by atoms with E-state index in [-0.39, 0.29) is 9.90 Å². The van der Waals surface area contributed by atoms with Crippen molar-refractivity contribution in [2.75, 3.05) is 0 Å². The van der Waals surface area contributed by atoms with E-state index in [1.165, 1.54) is 0 Å². The first-order valence-corrected chi connectivity index (χ1v) is 1.31. The second kappa shape index (κ2) is 10.9. The molecule has 0 heterocycles. The zero-order valence-corrected chi connectivity index (χ0v) is 5.54. The monoisotopic (exact) mass is 174 g/mol. The Balaban J connectivity index is -0.0000000720. The third-order valence-electron chi connectivity index (χ3n) is 0. The molecule has 0 aliphatic rings. The van der Waals surface area contributed by atoms with E-state index in [1.54, 1.807) is 0 Å². The molecule has 0 fully saturated rings. The Hall–Kier alpha value is 0.01000. The highest BCUT2D eigenvalue weighted by atomic mass is 31.0. The molecule has 0 saturated heterocycles. The lowest BCUT2D eigenvalue weighted by Gasteiger charge is -1.65. The van der Waals surface area contributed by atoms with E-state index in [0.29, 0.717) is 0 Å². The van der Waals surface area contributed by atoms with Crippen LogP contribution in [0.25, 0.3) is 0 Å². The lowest BCUT2D eigenvalue weighted by Crippen LogP contribution is -1.65. The maximum atomic E-state index is 9.67. The molecule has 60 valence electrons. The van der Waals surface area contributed by atoms with Crippen LogP contribution >= 0.6 is 9.90 Å². The highest BCUT2D eigenvalue weighted by molar-refractivity contribution is 6.92. The fourth-order valence-electron chi connectivity index (χ4n) is 0. The summed E-state index contributed by atoms with van der Waals surface area (Å²) >= 11 is 0. The summed E-state index contributed by atoms with van der Waals surface area (Å²) in [5.41, 5.74) is 0. The first-order chi connectivity index (χ1) is 3.46. The Morgan fingerprint density at radius 3 is 0.556 bits per heavy atom. The zero-order valence-electron chi connectivity index (χ0n) is 4.13. The molecule has 0 bridgehead atoms. The highest BCUT2D eigenvalue weighted by Crippen LogP contribution is 1.87. The summed E-state index contributed by atoms with van der Waals surface area (Å²) < 4.78 is 58.0. The van der Waals surface area contributed by atoms with Gasteiger partial charge in [-0.2, -0.15) is 36.2 Å². The van der Waals surface area contributed by atoms with Gasteiger partial charge in [0.1, 0.15) is 0 Å². The average molecular weight is 174 g/mol. The molecule has 7 heteroatoms. The molecule has 0 saturated carbocycles. The van der Waals surface area contributed by atoms with E-state index in [0.717, 1.165) is 0 Å². The molecule has 0 aromatic carbocycles. The summed E-state index contributed by atoms with van der Waals surface area (Å²) in [6.45, 7) is -7.33. The molecule has 0 radical (unpaired) electrons. The molecule has 0 aromatic heterocycles. The normalized spacial score (nSPS) is 8.00. The first kappa shape index (κ1) is 16.0. The number of hydrogen-bond donors (Lipinski definition) is 0. The Morgan fingerprint density at radius 1 is 0.556 bits per heavy atom. The van der Waals surface area contributed by atoms with Crippen LogP contribution in [-0.2, 0) is 0 Å². The van der Waals surface area contributed by atoms with E-state index in [9.17, 15) is 26.3 Å². The number of hydrogen-bond acceptors (Lipinski definition) is 0. The maximum absolute atomic E-state index is 9.67. The van der Waals surface area contributed by atoms with Gasteiger partial charge in [-0.15, -0.1) is 0 Å². The average Bonchev–Trinajstić information content (AvgIpc) is 1.25. The van der Waals surface area contributed by atoms with Gasteiger partial charge < -0.3 is 0 Å². The van der Waals surface area contributed by atoms with Crippen LogP contribution in [0.5, 0.6) is 0 Å². The van der Waals surface area contributed by atoms with Crippen molar-refractivity contribution in [3.05, 3.63) is 0 Å². The van der Waals surface area contributed by atoms with Crippen molar-refractivity contribution in [3.8, 4) is 0 Å². The Kier molecular flexibility index (Phi) is 19.4. The quantitative estimate of drug-likeness (QED) is 0.390. The van der Waals surface area contributed by atoms with Crippen molar-refractivity contribution in [3.63, 3.8) is 0 Å². The minimum atomic E-state index is -3.67. The molecule has 0 amide bonds. The van der Waals surface area contributed by atoms with Gasteiger partial charge in [0.15, 0.2) is 0 Å². The summed E-state index contributed by atoms with van der Waals surface area (Å²) in [5, 5.41) is 0. The third kappa shape index (κ3) is 2890000. The Labute approximate surface area is 50.9 Å². The number of halogens is 6. The van der Waals surface area contributed by atoms with Crippen LogP contribution in [-0.4, -0.2) is 13.4 Å². The smallest absolute Gasteiger partial charge is 0.174 e. The predicted molar refractivity (Wildman–Crippen MR) is 25.3 cm³/mol. The maximum Gasteiger partial charge on any atom is 0.379 e. The van der Waals surface area contributed by atoms with Crippen molar-refractivity contribution >= 4 is 9.90 Å². The van der Waals surface area contributed by atoms with Crippen LogP contribution in [0.2, 0.25) is 0 Å². The Bertz CT molecular complexity index is 26.5. The van der Waals surface area contributed by atoms with E-state index in [2.05, 4.69) is 0 Å². The van der Waals surface area contributed by atoms with Crippen LogP contribution in [0, 0.1) is 0 Å². The molecular weight excluding hydrogens is 169 g/mol. The van der Waals surface area contributed by atoms with Crippen molar-refractivity contribution < 1.29 is 26.3 Å². The molecule has 0 rings (SSSR count). The molecule has 1 atom stereocenters. The van der Waals surface area contributed by atoms with Crippen LogP contribution in [0.4, 0.5) is 26.3 Å². The van der Waals surface area contributed by atoms with Crippen LogP contribution in [0.3, 0.4) is 0 Å². The molecule has 0 spiro atoms. The number of rotatable bonds is 0. The summed E-state index contributed by atoms with van der Waals surface area (Å²) in [4.78, 5) is 0. The molecule has 0 aromatic rings. The molecular formula is C2H5F6P. The van der Waals surface area contributed by atoms with E-state index >= 15 is 0 Å². The second-order valence-corrected chi connectivity index (χ2v) is 0.495.